The van der Waals surface area contributed by atoms with E-state index in [-0.39, 0.29) is 27.9 Å². The zero-order chi connectivity index (χ0) is 18.7. The van der Waals surface area contributed by atoms with Crippen LogP contribution in [-0.2, 0) is 15.0 Å². The molecule has 0 saturated carbocycles. The van der Waals surface area contributed by atoms with Gasteiger partial charge in [-0.2, -0.15) is 0 Å². The van der Waals surface area contributed by atoms with Gasteiger partial charge < -0.3 is 5.73 Å². The number of carbonyl (C=O) groups excluding carboxylic acids is 2. The van der Waals surface area contributed by atoms with E-state index in [1.54, 1.807) is 0 Å². The Kier molecular flexibility index (Phi) is 3.67. The average Bonchev–Trinajstić information content (AvgIpc) is 2.48. The van der Waals surface area contributed by atoms with E-state index in [4.69, 9.17) is 37.1 Å². The van der Waals surface area contributed by atoms with Gasteiger partial charge in [-0.15, -0.1) is 0 Å². The zero-order valence-corrected chi connectivity index (χ0v) is 13.4. The normalized spacial score (nSPS) is 22.8. The topological polar surface area (TPSA) is 107 Å². The maximum Gasteiger partial charge on any atom is 0.263 e. The van der Waals surface area contributed by atoms with E-state index < -0.39 is 34.4 Å². The molecule has 116 valence electrons. The minimum atomic E-state index is -2.25. The molecule has 7 nitrogen and oxygen atoms in total. The number of nitrogens with one attached hydrogen (secondary N) is 1. The van der Waals surface area contributed by atoms with Gasteiger partial charge in [0, 0.05) is 12.1 Å². The minimum Gasteiger partial charge on any atom is -0.398 e. The van der Waals surface area contributed by atoms with Crippen LogP contribution in [0.3, 0.4) is 0 Å². The maximum atomic E-state index is 13.1. The molecule has 0 spiro atoms. The van der Waals surface area contributed by atoms with Gasteiger partial charge in [0.05, 0.1) is 32.0 Å². The molecule has 1 aliphatic heterocycles. The molecule has 8 radical (unpaired) electrons. The Hall–Kier alpha value is -2.44. The summed E-state index contributed by atoms with van der Waals surface area (Å²) in [4.78, 5) is 41.4. The number of fused-ring (bicyclic) bond motifs is 1. The summed E-state index contributed by atoms with van der Waals surface area (Å²) in [6.45, 7) is 1.44. The number of anilines is 1. The Balaban J connectivity index is 2.44. The third-order valence-electron chi connectivity index (χ3n) is 4.37. The minimum absolute atomic E-state index is 0.0177. The van der Waals surface area contributed by atoms with Gasteiger partial charge in [0.15, 0.2) is 0 Å². The molecule has 1 aromatic carbocycles. The van der Waals surface area contributed by atoms with Gasteiger partial charge in [0.1, 0.15) is 21.5 Å². The molecular formula is C14H10B4N4O3. The quantitative estimate of drug-likeness (QED) is 0.340. The van der Waals surface area contributed by atoms with E-state index in [1.807, 2.05) is 5.32 Å². The van der Waals surface area contributed by atoms with Crippen molar-refractivity contribution in [3.63, 3.8) is 0 Å². The predicted molar refractivity (Wildman–Crippen MR) is 96.2 cm³/mol. The Morgan fingerprint density at radius 1 is 1.24 bits per heavy atom. The molecule has 1 saturated heterocycles. The van der Waals surface area contributed by atoms with Crippen LogP contribution in [0.2, 0.25) is 5.21 Å². The fourth-order valence-electron chi connectivity index (χ4n) is 3.04. The number of nitrogen functional groups attached to an aromatic ring is 1. The van der Waals surface area contributed by atoms with Crippen molar-refractivity contribution in [3.05, 3.63) is 28.3 Å². The monoisotopic (exact) mass is 326 g/mol. The molecule has 2 heterocycles. The second kappa shape index (κ2) is 5.28. The van der Waals surface area contributed by atoms with Crippen LogP contribution >= 0.6 is 0 Å². The summed E-state index contributed by atoms with van der Waals surface area (Å²) >= 11 is 0. The van der Waals surface area contributed by atoms with Crippen molar-refractivity contribution in [1.29, 1.82) is 0 Å². The number of aromatic nitrogens is 2. The average molecular weight is 326 g/mol. The van der Waals surface area contributed by atoms with Gasteiger partial charge in [-0.05, 0) is 13.0 Å². The Bertz CT molecular complexity index is 1000. The van der Waals surface area contributed by atoms with Crippen LogP contribution < -0.4 is 22.1 Å². The van der Waals surface area contributed by atoms with Gasteiger partial charge in [-0.3, -0.25) is 24.3 Å². The molecule has 3 rings (SSSR count). The van der Waals surface area contributed by atoms with Crippen molar-refractivity contribution < 1.29 is 9.59 Å². The highest BCUT2D eigenvalue weighted by atomic mass is 16.2. The van der Waals surface area contributed by atoms with Crippen molar-refractivity contribution >= 4 is 65.3 Å². The molecule has 0 aliphatic carbocycles. The lowest BCUT2D eigenvalue weighted by atomic mass is 9.37. The van der Waals surface area contributed by atoms with E-state index in [1.165, 1.54) is 19.1 Å². The standard InChI is InChI=1S/C14H10B4N4O3/c1-5-20-10-6(15)2-3-7(19)9(10)11(24)22(5)14(18)12(25)21-8(23)4-13(14,16)17/h2-3H,4,19H2,1H3,(H,21,23,25). The van der Waals surface area contributed by atoms with Crippen LogP contribution in [-0.4, -0.2) is 52.8 Å². The van der Waals surface area contributed by atoms with Crippen LogP contribution in [0.1, 0.15) is 12.2 Å². The molecule has 11 heteroatoms. The first-order valence-corrected chi connectivity index (χ1v) is 7.29. The molecule has 3 N–H and O–H groups in total. The second-order valence-electron chi connectivity index (χ2n) is 6.13. The lowest BCUT2D eigenvalue weighted by Crippen LogP contribution is -2.66. The largest absolute Gasteiger partial charge is 0.398 e. The van der Waals surface area contributed by atoms with E-state index in [9.17, 15) is 14.4 Å². The summed E-state index contributed by atoms with van der Waals surface area (Å²) < 4.78 is 0.854. The number of amides is 2. The van der Waals surface area contributed by atoms with E-state index in [0.29, 0.717) is 0 Å². The first-order chi connectivity index (χ1) is 11.5. The summed E-state index contributed by atoms with van der Waals surface area (Å²) in [7, 11) is 23.9. The van der Waals surface area contributed by atoms with Crippen LogP contribution in [0.4, 0.5) is 5.69 Å². The number of rotatable bonds is 1. The fraction of sp³-hybridized carbons (Fsp3) is 0.286. The summed E-state index contributed by atoms with van der Waals surface area (Å²) in [5.74, 6) is -1.66. The van der Waals surface area contributed by atoms with E-state index >= 15 is 0 Å². The van der Waals surface area contributed by atoms with Gasteiger partial charge >= 0.3 is 0 Å². The van der Waals surface area contributed by atoms with Crippen LogP contribution in [0.5, 0.6) is 0 Å². The third-order valence-corrected chi connectivity index (χ3v) is 4.37. The van der Waals surface area contributed by atoms with Gasteiger partial charge in [-0.1, -0.05) is 16.7 Å². The zero-order valence-electron chi connectivity index (χ0n) is 13.4. The summed E-state index contributed by atoms with van der Waals surface area (Å²) in [5, 5.41) is 0.00613. The molecule has 1 atom stereocenters. The first kappa shape index (κ1) is 17.4. The number of aryl methyl sites for hydroxylation is 1. The Labute approximate surface area is 148 Å². The predicted octanol–water partition coefficient (Wildman–Crippen LogP) is -2.60. The number of carbonyl (C=O) groups is 2. The summed E-state index contributed by atoms with van der Waals surface area (Å²) in [6, 6.07) is 2.94. The number of nitrogens with zero attached hydrogens (tertiary/aromatic N) is 2. The van der Waals surface area contributed by atoms with Crippen molar-refractivity contribution in [1.82, 2.24) is 14.9 Å². The molecule has 0 bridgehead atoms. The number of imide groups is 1. The maximum absolute atomic E-state index is 13.1. The number of hydrogen-bond donors (Lipinski definition) is 2. The van der Waals surface area contributed by atoms with E-state index in [2.05, 4.69) is 4.98 Å². The van der Waals surface area contributed by atoms with Gasteiger partial charge in [-0.25, -0.2) is 4.98 Å². The van der Waals surface area contributed by atoms with Crippen LogP contribution in [0.15, 0.2) is 16.9 Å². The highest BCUT2D eigenvalue weighted by molar-refractivity contribution is 6.50. The van der Waals surface area contributed by atoms with Gasteiger partial charge in [0.25, 0.3) is 5.56 Å². The molecule has 2 aromatic rings. The van der Waals surface area contributed by atoms with Crippen LogP contribution in [0, 0.1) is 6.92 Å². The number of nitrogens with two attached hydrogens (primary N) is 1. The third kappa shape index (κ3) is 2.25. The lowest BCUT2D eigenvalue weighted by molar-refractivity contribution is -0.138. The second-order valence-corrected chi connectivity index (χ2v) is 6.13. The molecule has 1 fully saturated rings. The lowest BCUT2D eigenvalue weighted by Gasteiger charge is -2.48. The number of piperidine rings is 1. The number of hydrogen-bond acceptors (Lipinski definition) is 5. The fourth-order valence-corrected chi connectivity index (χ4v) is 3.04. The molecule has 2 amide bonds. The molecule has 1 aromatic heterocycles. The van der Waals surface area contributed by atoms with Crippen molar-refractivity contribution in [2.24, 2.45) is 0 Å². The highest BCUT2D eigenvalue weighted by Crippen LogP contribution is 2.42. The molecule has 1 aliphatic rings. The first-order valence-electron chi connectivity index (χ1n) is 7.29. The SMILES string of the molecule is [B]c1ccc(N)c2c(=O)n(C3([B])C(=O)NC(=O)CC3([B])[B])c(C)nc12. The summed E-state index contributed by atoms with van der Waals surface area (Å²) in [5.41, 5.74) is 3.40. The highest BCUT2D eigenvalue weighted by Gasteiger charge is 2.53. The Morgan fingerprint density at radius 2 is 1.88 bits per heavy atom. The van der Waals surface area contributed by atoms with E-state index in [0.717, 1.165) is 4.57 Å². The van der Waals surface area contributed by atoms with Crippen molar-refractivity contribution in [2.45, 2.75) is 24.0 Å². The molecule has 25 heavy (non-hydrogen) atoms. The smallest absolute Gasteiger partial charge is 0.263 e. The molecular weight excluding hydrogens is 315 g/mol. The van der Waals surface area contributed by atoms with Crippen molar-refractivity contribution in [3.8, 4) is 0 Å². The molecule has 1 unspecified atom stereocenters. The Morgan fingerprint density at radius 3 is 2.48 bits per heavy atom. The van der Waals surface area contributed by atoms with Gasteiger partial charge in [0.2, 0.25) is 11.8 Å². The number of benzene rings is 1. The van der Waals surface area contributed by atoms with Crippen LogP contribution in [0.25, 0.3) is 10.9 Å². The summed E-state index contributed by atoms with van der Waals surface area (Å²) in [6.07, 6.45) is -0.467. The van der Waals surface area contributed by atoms with Crippen molar-refractivity contribution in [2.75, 3.05) is 5.73 Å².